The minimum atomic E-state index is -0.181. The van der Waals surface area contributed by atoms with E-state index in [0.29, 0.717) is 5.69 Å². The van der Waals surface area contributed by atoms with Gasteiger partial charge in [0, 0.05) is 49.6 Å². The van der Waals surface area contributed by atoms with Crippen LogP contribution in [0.5, 0.6) is 0 Å². The summed E-state index contributed by atoms with van der Waals surface area (Å²) < 4.78 is 0. The van der Waals surface area contributed by atoms with Gasteiger partial charge in [0.15, 0.2) is 5.13 Å². The zero-order valence-corrected chi connectivity index (χ0v) is 17.4. The molecule has 0 spiro atoms. The maximum Gasteiger partial charge on any atom is 0.275 e. The van der Waals surface area contributed by atoms with Gasteiger partial charge in [0.25, 0.3) is 5.91 Å². The average molecular weight is 418 g/mol. The molecule has 1 unspecified atom stereocenters. The molecule has 0 saturated carbocycles. The van der Waals surface area contributed by atoms with E-state index in [1.165, 1.54) is 22.5 Å². The largest absolute Gasteiger partial charge is 0.367 e. The van der Waals surface area contributed by atoms with Crippen LogP contribution in [0.3, 0.4) is 0 Å². The lowest BCUT2D eigenvalue weighted by molar-refractivity contribution is 0.102. The average Bonchev–Trinajstić information content (AvgIpc) is 3.41. The van der Waals surface area contributed by atoms with Crippen LogP contribution in [0.1, 0.15) is 21.6 Å². The standard InChI is InChI=1S/C23H23N5OS/c29-22(26-19-7-3-4-8-21(19)28-11-9-24-10-12-28)20-15-30-23(27-20)25-18-13-16-5-1-2-6-17(16)14-18/h1,3-5,7-8,15,18,24H,9-14H2,(H,25,27)(H,26,29). The molecule has 6 nitrogen and oxygen atoms in total. The number of para-hydroxylation sites is 2. The Bertz CT molecular complexity index is 1020. The fourth-order valence-electron chi connectivity index (χ4n) is 4.08. The molecule has 1 aliphatic heterocycles. The molecule has 0 bridgehead atoms. The van der Waals surface area contributed by atoms with Crippen LogP contribution in [-0.4, -0.2) is 43.1 Å². The van der Waals surface area contributed by atoms with Crippen LogP contribution in [0, 0.1) is 12.1 Å². The zero-order chi connectivity index (χ0) is 20.3. The highest BCUT2D eigenvalue weighted by atomic mass is 32.1. The van der Waals surface area contributed by atoms with Gasteiger partial charge < -0.3 is 20.9 Å². The number of fused-ring (bicyclic) bond motifs is 1. The maximum atomic E-state index is 12.8. The van der Waals surface area contributed by atoms with Gasteiger partial charge in [-0.1, -0.05) is 24.3 Å². The quantitative estimate of drug-likeness (QED) is 0.596. The van der Waals surface area contributed by atoms with E-state index >= 15 is 0 Å². The second-order valence-corrected chi connectivity index (χ2v) is 8.46. The monoisotopic (exact) mass is 417 g/mol. The van der Waals surface area contributed by atoms with Crippen molar-refractivity contribution in [3.8, 4) is 0 Å². The van der Waals surface area contributed by atoms with Crippen molar-refractivity contribution in [1.29, 1.82) is 0 Å². The maximum absolute atomic E-state index is 12.8. The number of piperazine rings is 1. The van der Waals surface area contributed by atoms with Crippen molar-refractivity contribution in [2.24, 2.45) is 0 Å². The van der Waals surface area contributed by atoms with E-state index in [-0.39, 0.29) is 11.9 Å². The van der Waals surface area contributed by atoms with E-state index in [2.05, 4.69) is 50.1 Å². The molecular formula is C23H23N5OS. The summed E-state index contributed by atoms with van der Waals surface area (Å²) in [7, 11) is 0. The summed E-state index contributed by atoms with van der Waals surface area (Å²) in [5, 5.41) is 12.5. The number of hydrogen-bond donors (Lipinski definition) is 3. The third kappa shape index (κ3) is 3.97. The van der Waals surface area contributed by atoms with Crippen molar-refractivity contribution in [3.05, 3.63) is 70.7 Å². The molecule has 1 fully saturated rings. The summed E-state index contributed by atoms with van der Waals surface area (Å²) in [6.07, 6.45) is 1.85. The molecule has 1 saturated heterocycles. The molecule has 1 atom stereocenters. The molecule has 3 N–H and O–H groups in total. The van der Waals surface area contributed by atoms with Crippen LogP contribution >= 0.6 is 11.3 Å². The number of aromatic nitrogens is 1. The van der Waals surface area contributed by atoms with Gasteiger partial charge in [-0.05, 0) is 36.2 Å². The second kappa shape index (κ2) is 8.34. The number of nitrogens with one attached hydrogen (secondary N) is 3. The number of benzene rings is 1. The van der Waals surface area contributed by atoms with E-state index in [1.807, 2.05) is 29.6 Å². The van der Waals surface area contributed by atoms with Gasteiger partial charge in [0.05, 0.1) is 11.4 Å². The number of nitrogens with zero attached hydrogens (tertiary/aromatic N) is 2. The van der Waals surface area contributed by atoms with E-state index < -0.39 is 0 Å². The summed E-state index contributed by atoms with van der Waals surface area (Å²) in [6, 6.07) is 18.5. The lowest BCUT2D eigenvalue weighted by Gasteiger charge is -2.31. The molecular weight excluding hydrogens is 394 g/mol. The third-order valence-electron chi connectivity index (χ3n) is 5.57. The molecule has 30 heavy (non-hydrogen) atoms. The number of carbonyl (C=O) groups is 1. The Labute approximate surface area is 180 Å². The summed E-state index contributed by atoms with van der Waals surface area (Å²) >= 11 is 1.47. The van der Waals surface area contributed by atoms with Gasteiger partial charge in [0.1, 0.15) is 5.69 Å². The molecule has 2 aromatic carbocycles. The SMILES string of the molecule is O=C(Nc1ccccc1N1CCNCC1)c1csc(NC2Cc3c#cccc3C2)n1. The van der Waals surface area contributed by atoms with Gasteiger partial charge in [-0.3, -0.25) is 4.79 Å². The van der Waals surface area contributed by atoms with Crippen molar-refractivity contribution in [1.82, 2.24) is 10.3 Å². The number of anilines is 3. The van der Waals surface area contributed by atoms with Gasteiger partial charge in [-0.25, -0.2) is 4.98 Å². The minimum absolute atomic E-state index is 0.181. The highest BCUT2D eigenvalue weighted by molar-refractivity contribution is 7.13. The molecule has 5 rings (SSSR count). The van der Waals surface area contributed by atoms with Gasteiger partial charge in [-0.2, -0.15) is 0 Å². The number of carbonyl (C=O) groups excluding carboxylic acids is 1. The van der Waals surface area contributed by atoms with Crippen LogP contribution in [0.25, 0.3) is 0 Å². The lowest BCUT2D eigenvalue weighted by atomic mass is 10.2. The Morgan fingerprint density at radius 1 is 1.20 bits per heavy atom. The van der Waals surface area contributed by atoms with Crippen molar-refractivity contribution in [3.63, 3.8) is 0 Å². The van der Waals surface area contributed by atoms with Gasteiger partial charge >= 0.3 is 0 Å². The lowest BCUT2D eigenvalue weighted by Crippen LogP contribution is -2.43. The van der Waals surface area contributed by atoms with Crippen LogP contribution < -0.4 is 20.9 Å². The van der Waals surface area contributed by atoms with Crippen LogP contribution in [0.4, 0.5) is 16.5 Å². The Balaban J connectivity index is 1.25. The molecule has 3 aromatic rings. The Kier molecular flexibility index (Phi) is 5.26. The molecule has 2 heterocycles. The molecule has 1 aromatic heterocycles. The predicted octanol–water partition coefficient (Wildman–Crippen LogP) is 2.98. The fourth-order valence-corrected chi connectivity index (χ4v) is 4.85. The summed E-state index contributed by atoms with van der Waals surface area (Å²) in [5.74, 6) is -0.181. The first-order chi connectivity index (χ1) is 14.8. The molecule has 1 aliphatic carbocycles. The topological polar surface area (TPSA) is 69.3 Å². The highest BCUT2D eigenvalue weighted by Gasteiger charge is 2.23. The van der Waals surface area contributed by atoms with Crippen LogP contribution in [0.2, 0.25) is 0 Å². The molecule has 2 aliphatic rings. The normalized spacial score (nSPS) is 16.1. The first kappa shape index (κ1) is 18.9. The first-order valence-electron chi connectivity index (χ1n) is 10.2. The van der Waals surface area contributed by atoms with Gasteiger partial charge in [0.2, 0.25) is 0 Å². The highest BCUT2D eigenvalue weighted by Crippen LogP contribution is 2.28. The van der Waals surface area contributed by atoms with Crippen LogP contribution in [-0.2, 0) is 12.8 Å². The van der Waals surface area contributed by atoms with E-state index in [4.69, 9.17) is 0 Å². The summed E-state index contributed by atoms with van der Waals surface area (Å²) in [6.45, 7) is 3.75. The number of amides is 1. The summed E-state index contributed by atoms with van der Waals surface area (Å²) in [5.41, 5.74) is 4.84. The number of thiazole rings is 1. The minimum Gasteiger partial charge on any atom is -0.367 e. The van der Waals surface area contributed by atoms with E-state index in [0.717, 1.165) is 55.5 Å². The van der Waals surface area contributed by atoms with Crippen molar-refractivity contribution >= 4 is 33.8 Å². The zero-order valence-electron chi connectivity index (χ0n) is 16.6. The van der Waals surface area contributed by atoms with Crippen molar-refractivity contribution in [2.75, 3.05) is 41.7 Å². The fraction of sp³-hybridized carbons (Fsp3) is 0.304. The Morgan fingerprint density at radius 2 is 2.07 bits per heavy atom. The smallest absolute Gasteiger partial charge is 0.275 e. The molecule has 152 valence electrons. The molecule has 0 radical (unpaired) electrons. The van der Waals surface area contributed by atoms with E-state index in [9.17, 15) is 4.79 Å². The Hall–Kier alpha value is -3.08. The second-order valence-electron chi connectivity index (χ2n) is 7.60. The van der Waals surface area contributed by atoms with Gasteiger partial charge in [-0.15, -0.1) is 11.3 Å². The van der Waals surface area contributed by atoms with Crippen LogP contribution in [0.15, 0.2) is 41.8 Å². The third-order valence-corrected chi connectivity index (χ3v) is 6.34. The van der Waals surface area contributed by atoms with Crippen molar-refractivity contribution in [2.45, 2.75) is 18.9 Å². The number of hydrogen-bond acceptors (Lipinski definition) is 6. The molecule has 1 amide bonds. The first-order valence-corrected chi connectivity index (χ1v) is 11.1. The van der Waals surface area contributed by atoms with E-state index in [1.54, 1.807) is 0 Å². The predicted molar refractivity (Wildman–Crippen MR) is 121 cm³/mol. The van der Waals surface area contributed by atoms with Crippen molar-refractivity contribution < 1.29 is 4.79 Å². The number of rotatable bonds is 5. The summed E-state index contributed by atoms with van der Waals surface area (Å²) in [4.78, 5) is 19.7. The Morgan fingerprint density at radius 3 is 2.93 bits per heavy atom. The molecule has 7 heteroatoms.